The first kappa shape index (κ1) is 9.36. The summed E-state index contributed by atoms with van der Waals surface area (Å²) in [5, 5.41) is 9.42. The van der Waals surface area contributed by atoms with Crippen molar-refractivity contribution >= 4 is 11.3 Å². The Balaban J connectivity index is 2.31. The van der Waals surface area contributed by atoms with E-state index in [9.17, 15) is 0 Å². The summed E-state index contributed by atoms with van der Waals surface area (Å²) in [5.41, 5.74) is 4.03. The van der Waals surface area contributed by atoms with E-state index >= 15 is 0 Å². The van der Waals surface area contributed by atoms with Gasteiger partial charge in [-0.25, -0.2) is 4.98 Å². The second kappa shape index (κ2) is 3.89. The quantitative estimate of drug-likeness (QED) is 0.823. The maximum atomic E-state index is 4.29. The third-order valence-electron chi connectivity index (χ3n) is 2.09. The highest BCUT2D eigenvalue weighted by molar-refractivity contribution is 7.07. The van der Waals surface area contributed by atoms with Crippen LogP contribution in [0.2, 0.25) is 0 Å². The van der Waals surface area contributed by atoms with Crippen LogP contribution in [-0.2, 0) is 7.05 Å². The molecule has 0 aliphatic heterocycles. The largest absolute Gasteiger partial charge is 0.308 e. The zero-order valence-corrected chi connectivity index (χ0v) is 8.95. The molecule has 1 unspecified atom stereocenters. The van der Waals surface area contributed by atoms with Gasteiger partial charge in [0.25, 0.3) is 0 Å². The molecule has 0 radical (unpaired) electrons. The molecule has 0 bridgehead atoms. The smallest absolute Gasteiger partial charge is 0.0795 e. The Kier molecular flexibility index (Phi) is 2.60. The van der Waals surface area contributed by atoms with E-state index in [2.05, 4.69) is 15.4 Å². The lowest BCUT2D eigenvalue weighted by atomic mass is 10.1. The Labute approximate surface area is 86.6 Å². The third-order valence-corrected chi connectivity index (χ3v) is 2.70. The van der Waals surface area contributed by atoms with E-state index in [1.54, 1.807) is 16.0 Å². The van der Waals surface area contributed by atoms with Crippen LogP contribution in [0.1, 0.15) is 17.3 Å². The minimum absolute atomic E-state index is 0.148. The lowest BCUT2D eigenvalue weighted by molar-refractivity contribution is 0.673. The molecule has 0 amide bonds. The molecule has 2 rings (SSSR count). The summed E-state index contributed by atoms with van der Waals surface area (Å²) in [7, 11) is 3.84. The SMILES string of the molecule is CNC(c1cnn(C)c1)c1cscn1. The van der Waals surface area contributed by atoms with Crippen molar-refractivity contribution in [2.24, 2.45) is 7.05 Å². The molecular weight excluding hydrogens is 196 g/mol. The lowest BCUT2D eigenvalue weighted by Crippen LogP contribution is -2.17. The number of aryl methyl sites for hydroxylation is 1. The average Bonchev–Trinajstić information content (AvgIpc) is 2.79. The van der Waals surface area contributed by atoms with Crippen LogP contribution in [0.5, 0.6) is 0 Å². The predicted molar refractivity (Wildman–Crippen MR) is 56.2 cm³/mol. The van der Waals surface area contributed by atoms with Crippen molar-refractivity contribution in [2.75, 3.05) is 7.05 Å². The molecule has 0 saturated carbocycles. The molecule has 2 aromatic rings. The number of nitrogens with one attached hydrogen (secondary N) is 1. The molecule has 0 aromatic carbocycles. The van der Waals surface area contributed by atoms with Crippen molar-refractivity contribution in [1.29, 1.82) is 0 Å². The molecular formula is C9H12N4S. The molecule has 14 heavy (non-hydrogen) atoms. The fraction of sp³-hybridized carbons (Fsp3) is 0.333. The first-order valence-electron chi connectivity index (χ1n) is 4.35. The summed E-state index contributed by atoms with van der Waals surface area (Å²) in [6.45, 7) is 0. The first-order valence-corrected chi connectivity index (χ1v) is 5.29. The van der Waals surface area contributed by atoms with E-state index in [4.69, 9.17) is 0 Å². The standard InChI is InChI=1S/C9H12N4S/c1-10-9(8-5-14-6-11-8)7-3-12-13(2)4-7/h3-6,9-10H,1-2H3. The van der Waals surface area contributed by atoms with Crippen LogP contribution in [0.15, 0.2) is 23.3 Å². The number of hydrogen-bond acceptors (Lipinski definition) is 4. The van der Waals surface area contributed by atoms with Crippen molar-refractivity contribution < 1.29 is 0 Å². The third kappa shape index (κ3) is 1.69. The molecule has 0 saturated heterocycles. The second-order valence-electron chi connectivity index (χ2n) is 3.08. The fourth-order valence-corrected chi connectivity index (χ4v) is 2.02. The Hall–Kier alpha value is -1.20. The van der Waals surface area contributed by atoms with E-state index in [0.29, 0.717) is 0 Å². The van der Waals surface area contributed by atoms with Crippen LogP contribution in [0.25, 0.3) is 0 Å². The van der Waals surface area contributed by atoms with Gasteiger partial charge >= 0.3 is 0 Å². The molecule has 2 aromatic heterocycles. The van der Waals surface area contributed by atoms with E-state index in [0.717, 1.165) is 11.3 Å². The highest BCUT2D eigenvalue weighted by Crippen LogP contribution is 2.20. The highest BCUT2D eigenvalue weighted by Gasteiger charge is 2.14. The van der Waals surface area contributed by atoms with Crippen LogP contribution in [-0.4, -0.2) is 21.8 Å². The van der Waals surface area contributed by atoms with Crippen LogP contribution < -0.4 is 5.32 Å². The minimum atomic E-state index is 0.148. The summed E-state index contributed by atoms with van der Waals surface area (Å²) in [5.74, 6) is 0. The van der Waals surface area contributed by atoms with Gasteiger partial charge in [-0.05, 0) is 7.05 Å². The fourth-order valence-electron chi connectivity index (χ4n) is 1.44. The molecule has 1 atom stereocenters. The molecule has 2 heterocycles. The van der Waals surface area contributed by atoms with Crippen LogP contribution in [0.3, 0.4) is 0 Å². The summed E-state index contributed by atoms with van der Waals surface area (Å²) >= 11 is 1.61. The molecule has 0 spiro atoms. The highest BCUT2D eigenvalue weighted by atomic mass is 32.1. The summed E-state index contributed by atoms with van der Waals surface area (Å²) < 4.78 is 1.80. The van der Waals surface area contributed by atoms with E-state index < -0.39 is 0 Å². The Bertz CT molecular complexity index is 393. The zero-order valence-electron chi connectivity index (χ0n) is 8.14. The minimum Gasteiger partial charge on any atom is -0.308 e. The summed E-state index contributed by atoms with van der Waals surface area (Å²) in [6, 6.07) is 0.148. The van der Waals surface area contributed by atoms with Gasteiger partial charge in [0.15, 0.2) is 0 Å². The number of thiazole rings is 1. The average molecular weight is 208 g/mol. The van der Waals surface area contributed by atoms with Gasteiger partial charge in [0.2, 0.25) is 0 Å². The van der Waals surface area contributed by atoms with Crippen molar-refractivity contribution in [3.05, 3.63) is 34.5 Å². The van der Waals surface area contributed by atoms with Gasteiger partial charge in [0.1, 0.15) is 0 Å². The molecule has 1 N–H and O–H groups in total. The van der Waals surface area contributed by atoms with Gasteiger partial charge in [-0.15, -0.1) is 11.3 Å². The number of aromatic nitrogens is 3. The Morgan fingerprint density at radius 1 is 1.57 bits per heavy atom. The van der Waals surface area contributed by atoms with Crippen molar-refractivity contribution in [1.82, 2.24) is 20.1 Å². The number of hydrogen-bond donors (Lipinski definition) is 1. The van der Waals surface area contributed by atoms with Gasteiger partial charge < -0.3 is 5.32 Å². The molecule has 4 nitrogen and oxygen atoms in total. The predicted octanol–water partition coefficient (Wildman–Crippen LogP) is 1.19. The molecule has 74 valence electrons. The zero-order chi connectivity index (χ0) is 9.97. The molecule has 5 heteroatoms. The molecule has 0 aliphatic carbocycles. The van der Waals surface area contributed by atoms with Gasteiger partial charge in [-0.2, -0.15) is 5.10 Å². The van der Waals surface area contributed by atoms with Crippen molar-refractivity contribution in [3.63, 3.8) is 0 Å². The monoisotopic (exact) mass is 208 g/mol. The van der Waals surface area contributed by atoms with Crippen LogP contribution in [0.4, 0.5) is 0 Å². The van der Waals surface area contributed by atoms with E-state index in [1.165, 1.54) is 0 Å². The lowest BCUT2D eigenvalue weighted by Gasteiger charge is -2.10. The van der Waals surface area contributed by atoms with Gasteiger partial charge in [-0.3, -0.25) is 4.68 Å². The summed E-state index contributed by atoms with van der Waals surface area (Å²) in [6.07, 6.45) is 3.86. The summed E-state index contributed by atoms with van der Waals surface area (Å²) in [4.78, 5) is 4.29. The normalized spacial score (nSPS) is 13.0. The molecule has 0 aliphatic rings. The van der Waals surface area contributed by atoms with Gasteiger partial charge in [0, 0.05) is 24.2 Å². The second-order valence-corrected chi connectivity index (χ2v) is 3.80. The Morgan fingerprint density at radius 2 is 2.43 bits per heavy atom. The Morgan fingerprint density at radius 3 is 2.93 bits per heavy atom. The van der Waals surface area contributed by atoms with E-state index in [-0.39, 0.29) is 6.04 Å². The maximum Gasteiger partial charge on any atom is 0.0795 e. The van der Waals surface area contributed by atoms with Crippen molar-refractivity contribution in [2.45, 2.75) is 6.04 Å². The van der Waals surface area contributed by atoms with Gasteiger partial charge in [0.05, 0.1) is 23.4 Å². The van der Waals surface area contributed by atoms with Crippen LogP contribution >= 0.6 is 11.3 Å². The molecule has 0 fully saturated rings. The van der Waals surface area contributed by atoms with E-state index in [1.807, 2.05) is 37.4 Å². The maximum absolute atomic E-state index is 4.29. The topological polar surface area (TPSA) is 42.7 Å². The van der Waals surface area contributed by atoms with Crippen molar-refractivity contribution in [3.8, 4) is 0 Å². The number of nitrogens with zero attached hydrogens (tertiary/aromatic N) is 3. The first-order chi connectivity index (χ1) is 6.81. The number of rotatable bonds is 3. The van der Waals surface area contributed by atoms with Crippen LogP contribution in [0, 0.1) is 0 Å². The van der Waals surface area contributed by atoms with Gasteiger partial charge in [-0.1, -0.05) is 0 Å².